The van der Waals surface area contributed by atoms with E-state index in [1.807, 2.05) is 6.92 Å². The number of nitrogens with zero attached hydrogens (tertiary/aromatic N) is 1. The maximum Gasteiger partial charge on any atom is 0.307 e. The zero-order valence-corrected chi connectivity index (χ0v) is 8.37. The Bertz CT molecular complexity index is 370. The molecule has 1 aromatic heterocycles. The van der Waals surface area contributed by atoms with Gasteiger partial charge in [0.1, 0.15) is 5.82 Å². The second-order valence-electron chi connectivity index (χ2n) is 3.83. The van der Waals surface area contributed by atoms with Gasteiger partial charge in [0.15, 0.2) is 0 Å². The highest BCUT2D eigenvalue weighted by atomic mass is 16.4. The van der Waals surface area contributed by atoms with E-state index >= 15 is 0 Å². The summed E-state index contributed by atoms with van der Waals surface area (Å²) in [5.41, 5.74) is 2.12. The van der Waals surface area contributed by atoms with Crippen LogP contribution in [0.15, 0.2) is 0 Å². The lowest BCUT2D eigenvalue weighted by molar-refractivity contribution is -0.138. The van der Waals surface area contributed by atoms with Gasteiger partial charge in [-0.2, -0.15) is 0 Å². The summed E-state index contributed by atoms with van der Waals surface area (Å²) in [5, 5.41) is 8.78. The van der Waals surface area contributed by atoms with Gasteiger partial charge in [-0.25, -0.2) is 4.98 Å². The molecule has 0 aliphatic heterocycles. The highest BCUT2D eigenvalue weighted by Crippen LogP contribution is 2.46. The number of H-pyrrole nitrogens is 1. The second-order valence-corrected chi connectivity index (χ2v) is 3.83. The van der Waals surface area contributed by atoms with Gasteiger partial charge in [-0.15, -0.1) is 0 Å². The summed E-state index contributed by atoms with van der Waals surface area (Å²) in [6, 6.07) is 0. The standard InChI is InChI=1S/C10H14N2O2/c1-3-8-5(2)11-9(12-8)6-4-7(6)10(13)14/h6-7H,3-4H2,1-2H3,(H,11,12)(H,13,14). The number of rotatable bonds is 3. The van der Waals surface area contributed by atoms with Crippen LogP contribution in [0.3, 0.4) is 0 Å². The van der Waals surface area contributed by atoms with Gasteiger partial charge in [-0.1, -0.05) is 6.92 Å². The number of nitrogens with one attached hydrogen (secondary N) is 1. The number of hydrogen-bond donors (Lipinski definition) is 2. The number of imidazole rings is 1. The van der Waals surface area contributed by atoms with Crippen LogP contribution in [0.1, 0.15) is 36.5 Å². The first-order valence-electron chi connectivity index (χ1n) is 4.91. The molecule has 0 aromatic carbocycles. The third-order valence-corrected chi connectivity index (χ3v) is 2.80. The summed E-state index contributed by atoms with van der Waals surface area (Å²) in [4.78, 5) is 18.2. The SMILES string of the molecule is CCc1nc(C2CC2C(=O)O)[nH]c1C. The van der Waals surface area contributed by atoms with Gasteiger partial charge in [0.2, 0.25) is 0 Å². The first kappa shape index (κ1) is 9.24. The first-order chi connectivity index (χ1) is 6.63. The Morgan fingerprint density at radius 1 is 1.71 bits per heavy atom. The molecule has 0 spiro atoms. The molecule has 1 heterocycles. The zero-order chi connectivity index (χ0) is 10.3. The highest BCUT2D eigenvalue weighted by molar-refractivity contribution is 5.74. The smallest absolute Gasteiger partial charge is 0.307 e. The molecule has 1 aromatic rings. The lowest BCUT2D eigenvalue weighted by Crippen LogP contribution is -1.99. The van der Waals surface area contributed by atoms with Gasteiger partial charge >= 0.3 is 5.97 Å². The number of aryl methyl sites for hydroxylation is 2. The molecule has 1 aliphatic carbocycles. The van der Waals surface area contributed by atoms with Gasteiger partial charge in [-0.3, -0.25) is 4.79 Å². The number of aliphatic carboxylic acids is 1. The number of aromatic nitrogens is 2. The molecular weight excluding hydrogens is 180 g/mol. The Labute approximate surface area is 82.4 Å². The lowest BCUT2D eigenvalue weighted by Gasteiger charge is -1.90. The van der Waals surface area contributed by atoms with E-state index in [0.29, 0.717) is 0 Å². The number of carboxylic acids is 1. The number of carbonyl (C=O) groups is 1. The Morgan fingerprint density at radius 2 is 2.43 bits per heavy atom. The van der Waals surface area contributed by atoms with Crippen LogP contribution >= 0.6 is 0 Å². The van der Waals surface area contributed by atoms with Crippen molar-refractivity contribution < 1.29 is 9.90 Å². The molecule has 0 bridgehead atoms. The second kappa shape index (κ2) is 3.12. The topological polar surface area (TPSA) is 66.0 Å². The molecule has 1 fully saturated rings. The van der Waals surface area contributed by atoms with Crippen molar-refractivity contribution in [2.45, 2.75) is 32.6 Å². The highest BCUT2D eigenvalue weighted by Gasteiger charge is 2.46. The van der Waals surface area contributed by atoms with Crippen molar-refractivity contribution in [3.05, 3.63) is 17.2 Å². The quantitative estimate of drug-likeness (QED) is 0.765. The van der Waals surface area contributed by atoms with Crippen LogP contribution in [0.4, 0.5) is 0 Å². The fourth-order valence-corrected chi connectivity index (χ4v) is 1.81. The summed E-state index contributed by atoms with van der Waals surface area (Å²) >= 11 is 0. The molecule has 4 nitrogen and oxygen atoms in total. The van der Waals surface area contributed by atoms with E-state index in [1.165, 1.54) is 0 Å². The molecule has 4 heteroatoms. The maximum atomic E-state index is 10.7. The summed E-state index contributed by atoms with van der Waals surface area (Å²) in [6.07, 6.45) is 1.62. The van der Waals surface area contributed by atoms with Crippen LogP contribution < -0.4 is 0 Å². The summed E-state index contributed by atoms with van der Waals surface area (Å²) in [5.74, 6) is 0.0469. The molecule has 0 amide bonds. The average Bonchev–Trinajstić information content (AvgIpc) is 2.85. The lowest BCUT2D eigenvalue weighted by atomic mass is 10.3. The van der Waals surface area contributed by atoms with Crippen molar-refractivity contribution in [1.29, 1.82) is 0 Å². The van der Waals surface area contributed by atoms with Crippen molar-refractivity contribution in [3.63, 3.8) is 0 Å². The van der Waals surface area contributed by atoms with E-state index in [1.54, 1.807) is 0 Å². The Hall–Kier alpha value is -1.32. The van der Waals surface area contributed by atoms with Gasteiger partial charge < -0.3 is 10.1 Å². The van der Waals surface area contributed by atoms with Crippen LogP contribution in [-0.2, 0) is 11.2 Å². The molecule has 2 rings (SSSR count). The monoisotopic (exact) mass is 194 g/mol. The van der Waals surface area contributed by atoms with E-state index in [9.17, 15) is 4.79 Å². The molecule has 2 N–H and O–H groups in total. The van der Waals surface area contributed by atoms with Crippen LogP contribution in [-0.4, -0.2) is 21.0 Å². The molecule has 1 aliphatic rings. The van der Waals surface area contributed by atoms with Gasteiger partial charge in [-0.05, 0) is 19.8 Å². The fourth-order valence-electron chi connectivity index (χ4n) is 1.81. The molecule has 2 atom stereocenters. The van der Waals surface area contributed by atoms with Gasteiger partial charge in [0, 0.05) is 11.6 Å². The van der Waals surface area contributed by atoms with Crippen molar-refractivity contribution >= 4 is 5.97 Å². The maximum absolute atomic E-state index is 10.7. The number of aromatic amines is 1. The van der Waals surface area contributed by atoms with E-state index in [-0.39, 0.29) is 11.8 Å². The number of hydrogen-bond acceptors (Lipinski definition) is 2. The molecule has 76 valence electrons. The summed E-state index contributed by atoms with van der Waals surface area (Å²) in [7, 11) is 0. The van der Waals surface area contributed by atoms with Crippen molar-refractivity contribution in [2.75, 3.05) is 0 Å². The summed E-state index contributed by atoms with van der Waals surface area (Å²) in [6.45, 7) is 4.03. The van der Waals surface area contributed by atoms with E-state index < -0.39 is 5.97 Å². The minimum absolute atomic E-state index is 0.117. The Kier molecular flexibility index (Phi) is 2.06. The Balaban J connectivity index is 2.15. The van der Waals surface area contributed by atoms with Crippen molar-refractivity contribution in [1.82, 2.24) is 9.97 Å². The molecule has 1 saturated carbocycles. The van der Waals surface area contributed by atoms with Crippen LogP contribution in [0.5, 0.6) is 0 Å². The number of carboxylic acid groups (broad SMARTS) is 1. The predicted molar refractivity (Wildman–Crippen MR) is 51.2 cm³/mol. The van der Waals surface area contributed by atoms with E-state index in [4.69, 9.17) is 5.11 Å². The van der Waals surface area contributed by atoms with Gasteiger partial charge in [0.25, 0.3) is 0 Å². The first-order valence-corrected chi connectivity index (χ1v) is 4.91. The van der Waals surface area contributed by atoms with Crippen molar-refractivity contribution in [3.8, 4) is 0 Å². The molecule has 0 saturated heterocycles. The molecule has 0 radical (unpaired) electrons. The minimum Gasteiger partial charge on any atom is -0.481 e. The third kappa shape index (κ3) is 1.41. The average molecular weight is 194 g/mol. The third-order valence-electron chi connectivity index (χ3n) is 2.80. The molecule has 2 unspecified atom stereocenters. The van der Waals surface area contributed by atoms with E-state index in [2.05, 4.69) is 16.9 Å². The van der Waals surface area contributed by atoms with Crippen LogP contribution in [0.2, 0.25) is 0 Å². The Morgan fingerprint density at radius 3 is 2.86 bits per heavy atom. The molecule has 14 heavy (non-hydrogen) atoms. The molecular formula is C10H14N2O2. The van der Waals surface area contributed by atoms with Crippen LogP contribution in [0.25, 0.3) is 0 Å². The predicted octanol–water partition coefficient (Wildman–Crippen LogP) is 1.47. The largest absolute Gasteiger partial charge is 0.481 e. The fraction of sp³-hybridized carbons (Fsp3) is 0.600. The summed E-state index contributed by atoms with van der Waals surface area (Å²) < 4.78 is 0. The van der Waals surface area contributed by atoms with Gasteiger partial charge in [0.05, 0.1) is 11.6 Å². The van der Waals surface area contributed by atoms with E-state index in [0.717, 1.165) is 30.1 Å². The minimum atomic E-state index is -0.706. The van der Waals surface area contributed by atoms with Crippen LogP contribution in [0, 0.1) is 12.8 Å². The normalized spacial score (nSPS) is 25.0. The van der Waals surface area contributed by atoms with Crippen molar-refractivity contribution in [2.24, 2.45) is 5.92 Å². The zero-order valence-electron chi connectivity index (χ0n) is 8.37.